The summed E-state index contributed by atoms with van der Waals surface area (Å²) in [7, 11) is -4.09. The van der Waals surface area contributed by atoms with Crippen molar-refractivity contribution in [1.82, 2.24) is 4.72 Å². The second-order valence-electron chi connectivity index (χ2n) is 9.41. The molecule has 0 radical (unpaired) electrons. The first-order valence-electron chi connectivity index (χ1n) is 11.3. The lowest BCUT2D eigenvalue weighted by atomic mass is 9.74. The Hall–Kier alpha value is -2.09. The number of halogens is 1. The van der Waals surface area contributed by atoms with Gasteiger partial charge in [-0.25, -0.2) is 13.1 Å². The van der Waals surface area contributed by atoms with E-state index < -0.39 is 21.5 Å². The zero-order valence-corrected chi connectivity index (χ0v) is 20.9. The number of ether oxygens (including phenoxy) is 2. The van der Waals surface area contributed by atoms with Crippen molar-refractivity contribution in [3.63, 3.8) is 0 Å². The zero-order chi connectivity index (χ0) is 24.0. The first-order valence-corrected chi connectivity index (χ1v) is 13.2. The van der Waals surface area contributed by atoms with Crippen LogP contribution in [0.25, 0.3) is 0 Å². The average molecular weight is 492 g/mol. The van der Waals surface area contributed by atoms with Gasteiger partial charge in [0.05, 0.1) is 17.1 Å². The van der Waals surface area contributed by atoms with Crippen LogP contribution in [0.5, 0.6) is 5.75 Å². The summed E-state index contributed by atoms with van der Waals surface area (Å²) in [5, 5.41) is 0.320. The summed E-state index contributed by atoms with van der Waals surface area (Å²) in [6.45, 7) is 7.88. The molecule has 4 rings (SSSR count). The molecule has 2 aromatic rings. The molecule has 1 amide bonds. The van der Waals surface area contributed by atoms with E-state index in [-0.39, 0.29) is 28.6 Å². The third-order valence-electron chi connectivity index (χ3n) is 6.69. The molecule has 2 heterocycles. The van der Waals surface area contributed by atoms with Gasteiger partial charge in [-0.1, -0.05) is 31.0 Å². The molecule has 0 aromatic heterocycles. The van der Waals surface area contributed by atoms with Crippen LogP contribution in [0.15, 0.2) is 41.3 Å². The van der Waals surface area contributed by atoms with Gasteiger partial charge in [-0.2, -0.15) is 0 Å². The van der Waals surface area contributed by atoms with E-state index >= 15 is 0 Å². The maximum absolute atomic E-state index is 13.0. The molecule has 0 saturated carbocycles. The largest absolute Gasteiger partial charge is 0.487 e. The molecule has 2 aliphatic heterocycles. The monoisotopic (exact) mass is 491 g/mol. The molecule has 2 aromatic carbocycles. The molecular weight excluding hydrogens is 462 g/mol. The molecule has 6 nitrogen and oxygen atoms in total. The number of benzene rings is 2. The number of hydrogen-bond donors (Lipinski definition) is 1. The maximum atomic E-state index is 13.0. The van der Waals surface area contributed by atoms with Gasteiger partial charge < -0.3 is 9.47 Å². The molecule has 1 saturated heterocycles. The predicted octanol–water partition coefficient (Wildman–Crippen LogP) is 5.57. The van der Waals surface area contributed by atoms with E-state index in [1.807, 2.05) is 0 Å². The van der Waals surface area contributed by atoms with Crippen molar-refractivity contribution in [3.8, 4) is 5.75 Å². The van der Waals surface area contributed by atoms with E-state index in [2.05, 4.69) is 25.5 Å². The van der Waals surface area contributed by atoms with Gasteiger partial charge in [-0.15, -0.1) is 0 Å². The SMILES string of the molecule is CCC[C@@H]1CC[C@@H]2[C@@H](O1)c1cc(C(=O)NS(=O)(=O)c3cccc(Cl)c3C)ccc1OC2(C)C. The minimum absolute atomic E-state index is 0.0236. The van der Waals surface area contributed by atoms with E-state index in [4.69, 9.17) is 21.1 Å². The quantitative estimate of drug-likeness (QED) is 0.590. The highest BCUT2D eigenvalue weighted by atomic mass is 35.5. The maximum Gasteiger partial charge on any atom is 0.265 e. The van der Waals surface area contributed by atoms with Crippen LogP contribution in [0.3, 0.4) is 0 Å². The lowest BCUT2D eigenvalue weighted by molar-refractivity contribution is -0.151. The smallest absolute Gasteiger partial charge is 0.265 e. The Morgan fingerprint density at radius 1 is 1.21 bits per heavy atom. The van der Waals surface area contributed by atoms with Crippen LogP contribution in [0, 0.1) is 12.8 Å². The highest BCUT2D eigenvalue weighted by molar-refractivity contribution is 7.90. The number of carbonyl (C=O) groups excluding carboxylic acids is 1. The van der Waals surface area contributed by atoms with Crippen molar-refractivity contribution in [2.24, 2.45) is 5.92 Å². The molecule has 33 heavy (non-hydrogen) atoms. The van der Waals surface area contributed by atoms with Gasteiger partial charge in [0, 0.05) is 22.1 Å². The molecule has 178 valence electrons. The van der Waals surface area contributed by atoms with Gasteiger partial charge in [-0.05, 0) is 75.9 Å². The highest BCUT2D eigenvalue weighted by Gasteiger charge is 2.47. The summed E-state index contributed by atoms with van der Waals surface area (Å²) in [5.41, 5.74) is 1.02. The summed E-state index contributed by atoms with van der Waals surface area (Å²) >= 11 is 6.07. The van der Waals surface area contributed by atoms with Crippen molar-refractivity contribution in [2.75, 3.05) is 0 Å². The van der Waals surface area contributed by atoms with E-state index in [0.717, 1.165) is 31.2 Å². The number of nitrogens with one attached hydrogen (secondary N) is 1. The normalized spacial score (nSPS) is 23.7. The third kappa shape index (κ3) is 4.63. The topological polar surface area (TPSA) is 81.7 Å². The summed E-state index contributed by atoms with van der Waals surface area (Å²) in [6, 6.07) is 9.58. The van der Waals surface area contributed by atoms with Crippen molar-refractivity contribution < 1.29 is 22.7 Å². The van der Waals surface area contributed by atoms with Crippen molar-refractivity contribution in [3.05, 3.63) is 58.1 Å². The van der Waals surface area contributed by atoms with Crippen LogP contribution in [0.2, 0.25) is 5.02 Å². The third-order valence-corrected chi connectivity index (χ3v) is 8.58. The molecule has 1 fully saturated rings. The Morgan fingerprint density at radius 3 is 2.70 bits per heavy atom. The van der Waals surface area contributed by atoms with E-state index in [9.17, 15) is 13.2 Å². The number of sulfonamides is 1. The molecule has 0 unspecified atom stereocenters. The molecule has 3 atom stereocenters. The first kappa shape index (κ1) is 24.0. The van der Waals surface area contributed by atoms with Gasteiger partial charge in [0.2, 0.25) is 0 Å². The van der Waals surface area contributed by atoms with Gasteiger partial charge in [-0.3, -0.25) is 4.79 Å². The fraction of sp³-hybridized carbons (Fsp3) is 0.480. The van der Waals surface area contributed by atoms with Crippen LogP contribution in [-0.2, 0) is 14.8 Å². The minimum atomic E-state index is -4.09. The number of amides is 1. The lowest BCUT2D eigenvalue weighted by Gasteiger charge is -2.48. The minimum Gasteiger partial charge on any atom is -0.487 e. The van der Waals surface area contributed by atoms with Gasteiger partial charge in [0.1, 0.15) is 11.4 Å². The van der Waals surface area contributed by atoms with Crippen molar-refractivity contribution >= 4 is 27.5 Å². The summed E-state index contributed by atoms with van der Waals surface area (Å²) in [5.74, 6) is 0.109. The van der Waals surface area contributed by atoms with Gasteiger partial charge in [0.25, 0.3) is 15.9 Å². The van der Waals surface area contributed by atoms with E-state index in [0.29, 0.717) is 16.3 Å². The summed E-state index contributed by atoms with van der Waals surface area (Å²) in [4.78, 5) is 12.9. The fourth-order valence-corrected chi connectivity index (χ4v) is 6.38. The van der Waals surface area contributed by atoms with Gasteiger partial charge in [0.15, 0.2) is 0 Å². The molecule has 0 bridgehead atoms. The zero-order valence-electron chi connectivity index (χ0n) is 19.4. The number of hydrogen-bond acceptors (Lipinski definition) is 5. The fourth-order valence-electron chi connectivity index (χ4n) is 4.90. The number of rotatable bonds is 5. The summed E-state index contributed by atoms with van der Waals surface area (Å²) in [6.07, 6.45) is 3.94. The molecule has 1 N–H and O–H groups in total. The Kier molecular flexibility index (Phi) is 6.51. The van der Waals surface area contributed by atoms with Crippen LogP contribution < -0.4 is 9.46 Å². The van der Waals surface area contributed by atoms with Gasteiger partial charge >= 0.3 is 0 Å². The van der Waals surface area contributed by atoms with E-state index in [1.54, 1.807) is 37.3 Å². The van der Waals surface area contributed by atoms with Crippen LogP contribution >= 0.6 is 11.6 Å². The highest BCUT2D eigenvalue weighted by Crippen LogP contribution is 2.51. The Balaban J connectivity index is 1.64. The Bertz CT molecular complexity index is 1180. The van der Waals surface area contributed by atoms with E-state index in [1.165, 1.54) is 6.07 Å². The predicted molar refractivity (Wildman–Crippen MR) is 127 cm³/mol. The first-order chi connectivity index (χ1) is 15.5. The van der Waals surface area contributed by atoms with Crippen LogP contribution in [0.4, 0.5) is 0 Å². The molecule has 2 aliphatic rings. The van der Waals surface area contributed by atoms with Crippen molar-refractivity contribution in [1.29, 1.82) is 0 Å². The standard InChI is InChI=1S/C25H30ClNO5S/c1-5-7-17-11-12-19-23(31-17)18-14-16(10-13-21(18)32-25(19,3)4)24(28)27-33(29,30)22-9-6-8-20(26)15(22)2/h6,8-10,13-14,17,19,23H,5,7,11-12H2,1-4H3,(H,27,28)/t17-,19-,23+/m1/s1. The summed E-state index contributed by atoms with van der Waals surface area (Å²) < 4.78 is 40.7. The van der Waals surface area contributed by atoms with Crippen LogP contribution in [-0.4, -0.2) is 26.0 Å². The number of carbonyl (C=O) groups is 1. The second kappa shape index (κ2) is 8.93. The second-order valence-corrected chi connectivity index (χ2v) is 11.5. The average Bonchev–Trinajstić information content (AvgIpc) is 2.75. The Labute approximate surface area is 200 Å². The molecular formula is C25H30ClNO5S. The van der Waals surface area contributed by atoms with Crippen molar-refractivity contribution in [2.45, 2.75) is 76.1 Å². The molecule has 0 spiro atoms. The Morgan fingerprint density at radius 2 is 1.97 bits per heavy atom. The van der Waals surface area contributed by atoms with Crippen LogP contribution in [0.1, 0.15) is 74.0 Å². The lowest BCUT2D eigenvalue weighted by Crippen LogP contribution is -2.48. The molecule has 0 aliphatic carbocycles. The molecule has 8 heteroatoms. The number of fused-ring (bicyclic) bond motifs is 3.